The van der Waals surface area contributed by atoms with Gasteiger partial charge in [-0.1, -0.05) is 11.3 Å². The Balaban J connectivity index is 1.46. The van der Waals surface area contributed by atoms with E-state index in [0.717, 1.165) is 42.6 Å². The highest BCUT2D eigenvalue weighted by molar-refractivity contribution is 7.19. The van der Waals surface area contributed by atoms with E-state index in [0.29, 0.717) is 10.7 Å². The number of rotatable bonds is 4. The average molecular weight is 381 g/mol. The van der Waals surface area contributed by atoms with Gasteiger partial charge in [0.05, 0.1) is 11.1 Å². The van der Waals surface area contributed by atoms with E-state index in [1.807, 2.05) is 6.07 Å². The fourth-order valence-corrected chi connectivity index (χ4v) is 3.59. The maximum absolute atomic E-state index is 12.6. The van der Waals surface area contributed by atoms with Crippen molar-refractivity contribution in [2.45, 2.75) is 0 Å². The number of likely N-dealkylation sites (N-methyl/N-ethyl adjacent to an activating group) is 1. The number of thiazole rings is 1. The standard InChI is InChI=1S/C18H19N7OS/c1-24-6-8-25(9-7-24)16-10-13(2-3-21-16)17(26)23-18-22-12-15(27-18)14-11-19-4-5-20-14/h2-5,10-12H,6-9H2,1H3,(H,22,23,26). The molecule has 3 aromatic rings. The number of nitrogens with one attached hydrogen (secondary N) is 1. The first kappa shape index (κ1) is 17.5. The normalized spacial score (nSPS) is 14.9. The van der Waals surface area contributed by atoms with Crippen LogP contribution in [0.5, 0.6) is 0 Å². The van der Waals surface area contributed by atoms with Crippen LogP contribution in [-0.4, -0.2) is 64.0 Å². The summed E-state index contributed by atoms with van der Waals surface area (Å²) in [6, 6.07) is 3.55. The SMILES string of the molecule is CN1CCN(c2cc(C(=O)Nc3ncc(-c4cnccn4)s3)ccn2)CC1. The van der Waals surface area contributed by atoms with Gasteiger partial charge in [0.25, 0.3) is 5.91 Å². The highest BCUT2D eigenvalue weighted by Crippen LogP contribution is 2.27. The summed E-state index contributed by atoms with van der Waals surface area (Å²) in [6.45, 7) is 3.79. The lowest BCUT2D eigenvalue weighted by atomic mass is 10.2. The van der Waals surface area contributed by atoms with E-state index in [1.54, 1.807) is 37.1 Å². The Morgan fingerprint density at radius 1 is 1.07 bits per heavy atom. The smallest absolute Gasteiger partial charge is 0.257 e. The molecule has 0 bridgehead atoms. The molecule has 0 unspecified atom stereocenters. The van der Waals surface area contributed by atoms with Crippen molar-refractivity contribution in [1.82, 2.24) is 24.8 Å². The Bertz CT molecular complexity index is 922. The molecule has 3 aromatic heterocycles. The average Bonchev–Trinajstić information content (AvgIpc) is 3.18. The zero-order valence-corrected chi connectivity index (χ0v) is 15.7. The van der Waals surface area contributed by atoms with Crippen LogP contribution in [0, 0.1) is 0 Å². The Morgan fingerprint density at radius 2 is 1.93 bits per heavy atom. The van der Waals surface area contributed by atoms with Gasteiger partial charge < -0.3 is 9.80 Å². The Hall–Kier alpha value is -2.91. The Morgan fingerprint density at radius 3 is 2.70 bits per heavy atom. The topological polar surface area (TPSA) is 87.1 Å². The minimum absolute atomic E-state index is 0.201. The second-order valence-corrected chi connectivity index (χ2v) is 7.30. The summed E-state index contributed by atoms with van der Waals surface area (Å²) in [5, 5.41) is 3.38. The molecule has 1 aliphatic rings. The molecule has 1 saturated heterocycles. The summed E-state index contributed by atoms with van der Waals surface area (Å²) in [4.78, 5) is 34.9. The maximum Gasteiger partial charge on any atom is 0.257 e. The maximum atomic E-state index is 12.6. The van der Waals surface area contributed by atoms with Crippen LogP contribution in [0.4, 0.5) is 10.9 Å². The van der Waals surface area contributed by atoms with Gasteiger partial charge in [-0.15, -0.1) is 0 Å². The molecule has 0 saturated carbocycles. The van der Waals surface area contributed by atoms with E-state index in [1.165, 1.54) is 11.3 Å². The number of piperazine rings is 1. The molecule has 9 heteroatoms. The van der Waals surface area contributed by atoms with E-state index in [9.17, 15) is 4.79 Å². The van der Waals surface area contributed by atoms with Crippen molar-refractivity contribution in [3.05, 3.63) is 48.7 Å². The molecule has 0 aliphatic carbocycles. The molecule has 0 spiro atoms. The van der Waals surface area contributed by atoms with Crippen LogP contribution in [0.15, 0.2) is 43.1 Å². The van der Waals surface area contributed by atoms with Gasteiger partial charge in [-0.25, -0.2) is 9.97 Å². The van der Waals surface area contributed by atoms with Crippen molar-refractivity contribution in [1.29, 1.82) is 0 Å². The van der Waals surface area contributed by atoms with Gasteiger partial charge in [0, 0.05) is 56.5 Å². The van der Waals surface area contributed by atoms with Gasteiger partial charge >= 0.3 is 0 Å². The number of carbonyl (C=O) groups is 1. The van der Waals surface area contributed by atoms with Gasteiger partial charge in [-0.3, -0.25) is 20.1 Å². The number of hydrogen-bond acceptors (Lipinski definition) is 8. The molecule has 27 heavy (non-hydrogen) atoms. The third-order valence-electron chi connectivity index (χ3n) is 4.38. The summed E-state index contributed by atoms with van der Waals surface area (Å²) < 4.78 is 0. The van der Waals surface area contributed by atoms with E-state index >= 15 is 0 Å². The zero-order valence-electron chi connectivity index (χ0n) is 14.9. The molecule has 0 aromatic carbocycles. The lowest BCUT2D eigenvalue weighted by Gasteiger charge is -2.33. The fourth-order valence-electron chi connectivity index (χ4n) is 2.81. The highest BCUT2D eigenvalue weighted by Gasteiger charge is 2.17. The second kappa shape index (κ2) is 7.77. The first-order valence-corrected chi connectivity index (χ1v) is 9.44. The van der Waals surface area contributed by atoms with Crippen LogP contribution in [0.1, 0.15) is 10.4 Å². The summed E-state index contributed by atoms with van der Waals surface area (Å²) in [6.07, 6.45) is 8.28. The molecule has 1 N–H and O–H groups in total. The molecule has 1 fully saturated rings. The number of amides is 1. The van der Waals surface area contributed by atoms with Crippen LogP contribution >= 0.6 is 11.3 Å². The molecule has 1 amide bonds. The van der Waals surface area contributed by atoms with Crippen LogP contribution in [0.2, 0.25) is 0 Å². The second-order valence-electron chi connectivity index (χ2n) is 6.27. The first-order valence-electron chi connectivity index (χ1n) is 8.62. The van der Waals surface area contributed by atoms with Crippen molar-refractivity contribution >= 4 is 28.2 Å². The molecule has 0 radical (unpaired) electrons. The minimum atomic E-state index is -0.201. The summed E-state index contributed by atoms with van der Waals surface area (Å²) >= 11 is 1.36. The van der Waals surface area contributed by atoms with Gasteiger partial charge in [0.15, 0.2) is 5.13 Å². The minimum Gasteiger partial charge on any atom is -0.354 e. The molecule has 138 valence electrons. The Kier molecular flexibility index (Phi) is 5.03. The number of pyridine rings is 1. The van der Waals surface area contributed by atoms with Crippen LogP contribution in [0.25, 0.3) is 10.6 Å². The molecule has 4 rings (SSSR count). The molecule has 4 heterocycles. The largest absolute Gasteiger partial charge is 0.354 e. The first-order chi connectivity index (χ1) is 13.2. The predicted octanol–water partition coefficient (Wildman–Crippen LogP) is 2.00. The van der Waals surface area contributed by atoms with E-state index < -0.39 is 0 Å². The van der Waals surface area contributed by atoms with E-state index in [4.69, 9.17) is 0 Å². The van der Waals surface area contributed by atoms with Crippen LogP contribution in [0.3, 0.4) is 0 Å². The van der Waals surface area contributed by atoms with E-state index in [-0.39, 0.29) is 5.91 Å². The summed E-state index contributed by atoms with van der Waals surface area (Å²) in [5.41, 5.74) is 1.30. The van der Waals surface area contributed by atoms with Crippen molar-refractivity contribution in [3.8, 4) is 10.6 Å². The van der Waals surface area contributed by atoms with Crippen molar-refractivity contribution in [2.75, 3.05) is 43.4 Å². The Labute approximate surface area is 160 Å². The van der Waals surface area contributed by atoms with Crippen molar-refractivity contribution < 1.29 is 4.79 Å². The van der Waals surface area contributed by atoms with Crippen molar-refractivity contribution in [2.24, 2.45) is 0 Å². The molecular weight excluding hydrogens is 362 g/mol. The highest BCUT2D eigenvalue weighted by atomic mass is 32.1. The molecule has 1 aliphatic heterocycles. The third kappa shape index (κ3) is 4.09. The van der Waals surface area contributed by atoms with Crippen LogP contribution < -0.4 is 10.2 Å². The monoisotopic (exact) mass is 381 g/mol. The van der Waals surface area contributed by atoms with Gasteiger partial charge in [-0.05, 0) is 19.2 Å². The zero-order chi connectivity index (χ0) is 18.6. The number of hydrogen-bond donors (Lipinski definition) is 1. The molecule has 0 atom stereocenters. The van der Waals surface area contributed by atoms with E-state index in [2.05, 4.69) is 42.1 Å². The molecule has 8 nitrogen and oxygen atoms in total. The molecular formula is C18H19N7OS. The van der Waals surface area contributed by atoms with Crippen molar-refractivity contribution in [3.63, 3.8) is 0 Å². The quantitative estimate of drug-likeness (QED) is 0.739. The number of aromatic nitrogens is 4. The lowest BCUT2D eigenvalue weighted by Crippen LogP contribution is -2.44. The number of nitrogens with zero attached hydrogens (tertiary/aromatic N) is 6. The number of anilines is 2. The fraction of sp³-hybridized carbons (Fsp3) is 0.278. The summed E-state index contributed by atoms with van der Waals surface area (Å²) in [5.74, 6) is 0.628. The van der Waals surface area contributed by atoms with Gasteiger partial charge in [0.2, 0.25) is 0 Å². The predicted molar refractivity (Wildman–Crippen MR) is 105 cm³/mol. The van der Waals surface area contributed by atoms with Gasteiger partial charge in [0.1, 0.15) is 11.5 Å². The van der Waals surface area contributed by atoms with Crippen LogP contribution in [-0.2, 0) is 0 Å². The summed E-state index contributed by atoms with van der Waals surface area (Å²) in [7, 11) is 2.11. The third-order valence-corrected chi connectivity index (χ3v) is 5.31. The van der Waals surface area contributed by atoms with Gasteiger partial charge in [-0.2, -0.15) is 0 Å². The number of carbonyl (C=O) groups excluding carboxylic acids is 1. The lowest BCUT2D eigenvalue weighted by molar-refractivity contribution is 0.102.